The van der Waals surface area contributed by atoms with Gasteiger partial charge in [-0.15, -0.1) is 0 Å². The van der Waals surface area contributed by atoms with E-state index in [1.165, 1.54) is 0 Å². The molecule has 0 aliphatic carbocycles. The SMILES string of the molecule is CC(NCC1(C)CCCO1)c1cc2cc(Br)ccc2o1. The average molecular weight is 338 g/mol. The molecule has 0 amide bonds. The minimum absolute atomic E-state index is 0.0245. The van der Waals surface area contributed by atoms with Gasteiger partial charge in [0.2, 0.25) is 0 Å². The first kappa shape index (κ1) is 14.1. The normalized spacial score (nSPS) is 24.4. The topological polar surface area (TPSA) is 34.4 Å². The standard InChI is InChI=1S/C16H20BrNO2/c1-11(18-10-16(2)6-3-7-19-16)15-9-12-8-13(17)4-5-14(12)20-15/h4-5,8-9,11,18H,3,6-7,10H2,1-2H3. The molecule has 0 saturated carbocycles. The van der Waals surface area contributed by atoms with Gasteiger partial charge in [-0.05, 0) is 51.0 Å². The van der Waals surface area contributed by atoms with Gasteiger partial charge in [-0.25, -0.2) is 0 Å². The minimum Gasteiger partial charge on any atom is -0.459 e. The second kappa shape index (κ2) is 5.51. The number of hydrogen-bond donors (Lipinski definition) is 1. The lowest BCUT2D eigenvalue weighted by Crippen LogP contribution is -2.38. The van der Waals surface area contributed by atoms with Crippen LogP contribution in [0.3, 0.4) is 0 Å². The zero-order valence-corrected chi connectivity index (χ0v) is 13.5. The van der Waals surface area contributed by atoms with Crippen molar-refractivity contribution in [2.24, 2.45) is 0 Å². The molecule has 1 N–H and O–H groups in total. The lowest BCUT2D eigenvalue weighted by Gasteiger charge is -2.25. The first-order chi connectivity index (χ1) is 9.56. The fraction of sp³-hybridized carbons (Fsp3) is 0.500. The van der Waals surface area contributed by atoms with Crippen LogP contribution in [0.25, 0.3) is 11.0 Å². The van der Waals surface area contributed by atoms with Crippen LogP contribution in [0.5, 0.6) is 0 Å². The molecule has 2 aromatic rings. The summed E-state index contributed by atoms with van der Waals surface area (Å²) in [6.07, 6.45) is 2.28. The van der Waals surface area contributed by atoms with Crippen LogP contribution in [0.2, 0.25) is 0 Å². The van der Waals surface area contributed by atoms with Crippen LogP contribution in [-0.2, 0) is 4.74 Å². The summed E-state index contributed by atoms with van der Waals surface area (Å²) in [5, 5.41) is 4.66. The monoisotopic (exact) mass is 337 g/mol. The summed E-state index contributed by atoms with van der Waals surface area (Å²) in [4.78, 5) is 0. The Morgan fingerprint density at radius 3 is 3.00 bits per heavy atom. The van der Waals surface area contributed by atoms with Gasteiger partial charge in [0.05, 0.1) is 11.6 Å². The second-order valence-electron chi connectivity index (χ2n) is 5.84. The molecule has 0 spiro atoms. The van der Waals surface area contributed by atoms with Crippen molar-refractivity contribution >= 4 is 26.9 Å². The number of hydrogen-bond acceptors (Lipinski definition) is 3. The fourth-order valence-corrected chi connectivity index (χ4v) is 3.07. The summed E-state index contributed by atoms with van der Waals surface area (Å²) in [5.74, 6) is 0.972. The molecule has 0 radical (unpaired) electrons. The maximum absolute atomic E-state index is 5.91. The summed E-state index contributed by atoms with van der Waals surface area (Å²) in [6, 6.07) is 8.37. The van der Waals surface area contributed by atoms with E-state index in [-0.39, 0.29) is 11.6 Å². The maximum Gasteiger partial charge on any atom is 0.134 e. The van der Waals surface area contributed by atoms with Crippen LogP contribution in [0, 0.1) is 0 Å². The summed E-state index contributed by atoms with van der Waals surface area (Å²) < 4.78 is 12.8. The lowest BCUT2D eigenvalue weighted by atomic mass is 10.0. The molecule has 20 heavy (non-hydrogen) atoms. The molecular weight excluding hydrogens is 318 g/mol. The highest BCUT2D eigenvalue weighted by atomic mass is 79.9. The van der Waals surface area contributed by atoms with Crippen LogP contribution < -0.4 is 5.32 Å². The molecule has 2 atom stereocenters. The summed E-state index contributed by atoms with van der Waals surface area (Å²) >= 11 is 3.49. The molecule has 2 unspecified atom stereocenters. The first-order valence-electron chi connectivity index (χ1n) is 7.12. The van der Waals surface area contributed by atoms with E-state index in [4.69, 9.17) is 9.15 Å². The van der Waals surface area contributed by atoms with Crippen molar-refractivity contribution in [1.82, 2.24) is 5.32 Å². The van der Waals surface area contributed by atoms with E-state index in [1.807, 2.05) is 12.1 Å². The van der Waals surface area contributed by atoms with E-state index < -0.39 is 0 Å². The van der Waals surface area contributed by atoms with Gasteiger partial charge in [0.1, 0.15) is 11.3 Å². The zero-order valence-electron chi connectivity index (χ0n) is 11.9. The predicted octanol–water partition coefficient (Wildman–Crippen LogP) is 4.42. The van der Waals surface area contributed by atoms with E-state index >= 15 is 0 Å². The van der Waals surface area contributed by atoms with Gasteiger partial charge >= 0.3 is 0 Å². The van der Waals surface area contributed by atoms with Crippen molar-refractivity contribution in [3.8, 4) is 0 Å². The highest BCUT2D eigenvalue weighted by molar-refractivity contribution is 9.10. The van der Waals surface area contributed by atoms with E-state index in [9.17, 15) is 0 Å². The zero-order chi connectivity index (χ0) is 14.2. The molecule has 1 aromatic heterocycles. The first-order valence-corrected chi connectivity index (χ1v) is 7.91. The number of halogens is 1. The van der Waals surface area contributed by atoms with Crippen LogP contribution >= 0.6 is 15.9 Å². The fourth-order valence-electron chi connectivity index (χ4n) is 2.69. The van der Waals surface area contributed by atoms with Crippen LogP contribution in [0.1, 0.15) is 38.5 Å². The van der Waals surface area contributed by atoms with E-state index in [0.29, 0.717) is 0 Å². The third-order valence-electron chi connectivity index (χ3n) is 4.01. The Hall–Kier alpha value is -0.840. The summed E-state index contributed by atoms with van der Waals surface area (Å²) in [6.45, 7) is 6.04. The van der Waals surface area contributed by atoms with Crippen molar-refractivity contribution in [1.29, 1.82) is 0 Å². The number of benzene rings is 1. The molecule has 3 rings (SSSR count). The Kier molecular flexibility index (Phi) is 3.89. The Bertz CT molecular complexity index is 602. The Morgan fingerprint density at radius 1 is 1.40 bits per heavy atom. The van der Waals surface area contributed by atoms with Crippen molar-refractivity contribution < 1.29 is 9.15 Å². The molecule has 4 heteroatoms. The number of furan rings is 1. The largest absolute Gasteiger partial charge is 0.459 e. The Labute approximate surface area is 127 Å². The van der Waals surface area contributed by atoms with Crippen molar-refractivity contribution in [2.45, 2.75) is 38.3 Å². The van der Waals surface area contributed by atoms with Gasteiger partial charge in [-0.2, -0.15) is 0 Å². The van der Waals surface area contributed by atoms with Crippen LogP contribution in [-0.4, -0.2) is 18.8 Å². The van der Waals surface area contributed by atoms with Gasteiger partial charge in [0.15, 0.2) is 0 Å². The molecule has 1 aliphatic heterocycles. The van der Waals surface area contributed by atoms with E-state index in [1.54, 1.807) is 0 Å². The van der Waals surface area contributed by atoms with Crippen molar-refractivity contribution in [3.05, 3.63) is 34.5 Å². The molecule has 1 aromatic carbocycles. The number of ether oxygens (including phenoxy) is 1. The van der Waals surface area contributed by atoms with Gasteiger partial charge < -0.3 is 14.5 Å². The van der Waals surface area contributed by atoms with Crippen LogP contribution in [0.4, 0.5) is 0 Å². The Balaban J connectivity index is 1.70. The molecule has 0 bridgehead atoms. The van der Waals surface area contributed by atoms with Crippen molar-refractivity contribution in [2.75, 3.05) is 13.2 Å². The van der Waals surface area contributed by atoms with Gasteiger partial charge in [0.25, 0.3) is 0 Å². The number of rotatable bonds is 4. The summed E-state index contributed by atoms with van der Waals surface area (Å²) in [7, 11) is 0. The molecule has 1 fully saturated rings. The van der Waals surface area contributed by atoms with E-state index in [0.717, 1.165) is 47.2 Å². The highest BCUT2D eigenvalue weighted by Gasteiger charge is 2.30. The molecule has 1 saturated heterocycles. The predicted molar refractivity (Wildman–Crippen MR) is 83.9 cm³/mol. The number of nitrogens with one attached hydrogen (secondary N) is 1. The average Bonchev–Trinajstić information content (AvgIpc) is 3.02. The molecule has 108 valence electrons. The number of fused-ring (bicyclic) bond motifs is 1. The lowest BCUT2D eigenvalue weighted by molar-refractivity contribution is 0.0187. The third kappa shape index (κ3) is 2.92. The molecule has 2 heterocycles. The minimum atomic E-state index is -0.0245. The molecular formula is C16H20BrNO2. The smallest absolute Gasteiger partial charge is 0.134 e. The maximum atomic E-state index is 5.91. The highest BCUT2D eigenvalue weighted by Crippen LogP contribution is 2.28. The second-order valence-corrected chi connectivity index (χ2v) is 6.75. The molecule has 3 nitrogen and oxygen atoms in total. The van der Waals surface area contributed by atoms with Crippen LogP contribution in [0.15, 0.2) is 33.2 Å². The van der Waals surface area contributed by atoms with E-state index in [2.05, 4.69) is 47.2 Å². The third-order valence-corrected chi connectivity index (χ3v) is 4.50. The van der Waals surface area contributed by atoms with Crippen molar-refractivity contribution in [3.63, 3.8) is 0 Å². The van der Waals surface area contributed by atoms with Gasteiger partial charge in [0, 0.05) is 23.0 Å². The molecule has 1 aliphatic rings. The quantitative estimate of drug-likeness (QED) is 0.896. The Morgan fingerprint density at radius 2 is 2.25 bits per heavy atom. The van der Waals surface area contributed by atoms with Gasteiger partial charge in [-0.3, -0.25) is 0 Å². The van der Waals surface area contributed by atoms with Gasteiger partial charge in [-0.1, -0.05) is 15.9 Å². The summed E-state index contributed by atoms with van der Waals surface area (Å²) in [5.41, 5.74) is 0.906.